The third-order valence-electron chi connectivity index (χ3n) is 5.24. The third kappa shape index (κ3) is 5.61. The van der Waals surface area contributed by atoms with Crippen molar-refractivity contribution in [1.82, 2.24) is 4.90 Å². The molecule has 1 aliphatic rings. The van der Waals surface area contributed by atoms with Gasteiger partial charge in [0.15, 0.2) is 0 Å². The summed E-state index contributed by atoms with van der Waals surface area (Å²) in [5.41, 5.74) is 3.82. The lowest BCUT2D eigenvalue weighted by molar-refractivity contribution is -0.129. The molecule has 1 amide bonds. The second-order valence-electron chi connectivity index (χ2n) is 7.33. The Kier molecular flexibility index (Phi) is 7.15. The third-order valence-corrected chi connectivity index (χ3v) is 6.46. The maximum Gasteiger partial charge on any atom is 0.219 e. The summed E-state index contributed by atoms with van der Waals surface area (Å²) in [6.07, 6.45) is 3.52. The monoisotopic (exact) mass is 395 g/mol. The van der Waals surface area contributed by atoms with Crippen molar-refractivity contribution in [3.05, 3.63) is 59.7 Å². The van der Waals surface area contributed by atoms with E-state index in [0.717, 1.165) is 39.0 Å². The highest BCUT2D eigenvalue weighted by Gasteiger charge is 2.18. The maximum atomic E-state index is 11.5. The topological polar surface area (TPSA) is 47.4 Å². The zero-order chi connectivity index (χ0) is 19.9. The van der Waals surface area contributed by atoms with Crippen molar-refractivity contribution >= 4 is 29.6 Å². The van der Waals surface area contributed by atoms with Crippen molar-refractivity contribution in [1.29, 1.82) is 5.41 Å². The zero-order valence-corrected chi connectivity index (χ0v) is 17.5. The van der Waals surface area contributed by atoms with E-state index in [9.17, 15) is 4.79 Å². The smallest absolute Gasteiger partial charge is 0.219 e. The Morgan fingerprint density at radius 1 is 1.07 bits per heavy atom. The van der Waals surface area contributed by atoms with E-state index in [1.54, 1.807) is 24.9 Å². The number of benzene rings is 2. The first-order chi connectivity index (χ1) is 13.5. The SMILES string of the molecule is CC(=O)N1CCN(c2ccc(SC(C=N)CCc3ccc(C)cc3)cc2)CC1. The molecule has 1 atom stereocenters. The quantitative estimate of drug-likeness (QED) is 0.558. The Morgan fingerprint density at radius 3 is 2.29 bits per heavy atom. The van der Waals surface area contributed by atoms with E-state index in [2.05, 4.69) is 60.4 Å². The van der Waals surface area contributed by atoms with Gasteiger partial charge in [0.2, 0.25) is 5.91 Å². The molecule has 4 nitrogen and oxygen atoms in total. The molecular weight excluding hydrogens is 366 g/mol. The number of aryl methyl sites for hydroxylation is 2. The summed E-state index contributed by atoms with van der Waals surface area (Å²) in [4.78, 5) is 16.9. The van der Waals surface area contributed by atoms with Gasteiger partial charge in [-0.2, -0.15) is 0 Å². The molecular formula is C23H29N3OS. The largest absolute Gasteiger partial charge is 0.368 e. The van der Waals surface area contributed by atoms with Crippen LogP contribution in [-0.2, 0) is 11.2 Å². The number of thioether (sulfide) groups is 1. The van der Waals surface area contributed by atoms with Gasteiger partial charge in [-0.05, 0) is 49.6 Å². The van der Waals surface area contributed by atoms with E-state index < -0.39 is 0 Å². The second kappa shape index (κ2) is 9.78. The molecule has 1 fully saturated rings. The molecule has 148 valence electrons. The van der Waals surface area contributed by atoms with E-state index in [4.69, 9.17) is 5.41 Å². The minimum atomic E-state index is 0.162. The average molecular weight is 396 g/mol. The first kappa shape index (κ1) is 20.5. The molecule has 0 spiro atoms. The van der Waals surface area contributed by atoms with Crippen LogP contribution in [0.5, 0.6) is 0 Å². The first-order valence-corrected chi connectivity index (χ1v) is 10.8. The van der Waals surface area contributed by atoms with Crippen LogP contribution in [0.1, 0.15) is 24.5 Å². The van der Waals surface area contributed by atoms with Gasteiger partial charge in [0, 0.05) is 55.2 Å². The summed E-state index contributed by atoms with van der Waals surface area (Å²) < 4.78 is 0. The van der Waals surface area contributed by atoms with E-state index in [1.165, 1.54) is 21.7 Å². The van der Waals surface area contributed by atoms with Gasteiger partial charge < -0.3 is 15.2 Å². The van der Waals surface area contributed by atoms with E-state index >= 15 is 0 Å². The van der Waals surface area contributed by atoms with E-state index in [1.807, 2.05) is 4.90 Å². The summed E-state index contributed by atoms with van der Waals surface area (Å²) in [7, 11) is 0. The molecule has 0 bridgehead atoms. The number of rotatable bonds is 7. The minimum Gasteiger partial charge on any atom is -0.368 e. The minimum absolute atomic E-state index is 0.162. The Morgan fingerprint density at radius 2 is 1.71 bits per heavy atom. The molecule has 1 saturated heterocycles. The summed E-state index contributed by atoms with van der Waals surface area (Å²) in [6.45, 7) is 7.09. The molecule has 2 aromatic rings. The van der Waals surface area contributed by atoms with Crippen LogP contribution in [0.3, 0.4) is 0 Å². The van der Waals surface area contributed by atoms with Crippen LogP contribution in [0.2, 0.25) is 0 Å². The Hall–Kier alpha value is -2.27. The number of hydrogen-bond acceptors (Lipinski definition) is 4. The average Bonchev–Trinajstić information content (AvgIpc) is 2.73. The Labute approximate surface area is 172 Å². The molecule has 2 aromatic carbocycles. The molecule has 28 heavy (non-hydrogen) atoms. The molecule has 0 aliphatic carbocycles. The van der Waals surface area contributed by atoms with Crippen molar-refractivity contribution in [2.75, 3.05) is 31.1 Å². The predicted octanol–water partition coefficient (Wildman–Crippen LogP) is 4.41. The van der Waals surface area contributed by atoms with Gasteiger partial charge in [-0.15, -0.1) is 11.8 Å². The molecule has 0 aromatic heterocycles. The Balaban J connectivity index is 1.51. The van der Waals surface area contributed by atoms with Crippen LogP contribution in [-0.4, -0.2) is 48.5 Å². The number of amides is 1. The summed E-state index contributed by atoms with van der Waals surface area (Å²) in [6, 6.07) is 17.3. The van der Waals surface area contributed by atoms with Crippen LogP contribution in [0.15, 0.2) is 53.4 Å². The fourth-order valence-corrected chi connectivity index (χ4v) is 4.38. The fourth-order valence-electron chi connectivity index (χ4n) is 3.43. The molecule has 1 N–H and O–H groups in total. The van der Waals surface area contributed by atoms with E-state index in [0.29, 0.717) is 0 Å². The summed E-state index contributed by atoms with van der Waals surface area (Å²) in [5.74, 6) is 0.162. The van der Waals surface area contributed by atoms with Gasteiger partial charge in [-0.25, -0.2) is 0 Å². The number of nitrogens with zero attached hydrogens (tertiary/aromatic N) is 2. The first-order valence-electron chi connectivity index (χ1n) is 9.88. The second-order valence-corrected chi connectivity index (χ2v) is 8.65. The highest BCUT2D eigenvalue weighted by atomic mass is 32.2. The molecule has 0 saturated carbocycles. The van der Waals surface area contributed by atoms with Crippen LogP contribution in [0.25, 0.3) is 0 Å². The van der Waals surface area contributed by atoms with Crippen molar-refractivity contribution in [2.24, 2.45) is 0 Å². The van der Waals surface area contributed by atoms with Gasteiger partial charge in [0.05, 0.1) is 0 Å². The fraction of sp³-hybridized carbons (Fsp3) is 0.391. The number of hydrogen-bond donors (Lipinski definition) is 1. The Bertz CT molecular complexity index is 780. The number of piperazine rings is 1. The van der Waals surface area contributed by atoms with Gasteiger partial charge in [0.25, 0.3) is 0 Å². The number of carbonyl (C=O) groups excluding carboxylic acids is 1. The van der Waals surface area contributed by atoms with Crippen LogP contribution < -0.4 is 4.90 Å². The molecule has 1 aliphatic heterocycles. The van der Waals surface area contributed by atoms with Gasteiger partial charge in [0.1, 0.15) is 0 Å². The van der Waals surface area contributed by atoms with Gasteiger partial charge >= 0.3 is 0 Å². The van der Waals surface area contributed by atoms with Gasteiger partial charge in [-0.1, -0.05) is 29.8 Å². The van der Waals surface area contributed by atoms with Crippen molar-refractivity contribution in [3.8, 4) is 0 Å². The maximum absolute atomic E-state index is 11.5. The molecule has 0 radical (unpaired) electrons. The van der Waals surface area contributed by atoms with Crippen molar-refractivity contribution < 1.29 is 4.79 Å². The van der Waals surface area contributed by atoms with E-state index in [-0.39, 0.29) is 11.2 Å². The molecule has 3 rings (SSSR count). The zero-order valence-electron chi connectivity index (χ0n) is 16.7. The molecule has 5 heteroatoms. The number of anilines is 1. The standard InChI is InChI=1S/C23H29N3OS/c1-18-3-5-20(6-4-18)7-10-23(17-24)28-22-11-8-21(9-12-22)26-15-13-25(14-16-26)19(2)27/h3-6,8-9,11-12,17,23-24H,7,10,13-16H2,1-2H3. The highest BCUT2D eigenvalue weighted by Crippen LogP contribution is 2.28. The van der Waals surface area contributed by atoms with Gasteiger partial charge in [-0.3, -0.25) is 4.79 Å². The molecule has 1 unspecified atom stereocenters. The van der Waals surface area contributed by atoms with Crippen molar-refractivity contribution in [2.45, 2.75) is 36.8 Å². The van der Waals surface area contributed by atoms with Crippen LogP contribution in [0, 0.1) is 12.3 Å². The lowest BCUT2D eigenvalue weighted by Crippen LogP contribution is -2.48. The summed E-state index contributed by atoms with van der Waals surface area (Å²) in [5, 5.41) is 7.97. The van der Waals surface area contributed by atoms with Crippen LogP contribution in [0.4, 0.5) is 5.69 Å². The molecule has 1 heterocycles. The van der Waals surface area contributed by atoms with Crippen LogP contribution >= 0.6 is 11.8 Å². The lowest BCUT2D eigenvalue weighted by atomic mass is 10.1. The lowest BCUT2D eigenvalue weighted by Gasteiger charge is -2.35. The highest BCUT2D eigenvalue weighted by molar-refractivity contribution is 8.00. The predicted molar refractivity (Wildman–Crippen MR) is 119 cm³/mol. The summed E-state index contributed by atoms with van der Waals surface area (Å²) >= 11 is 1.76. The number of carbonyl (C=O) groups is 1. The normalized spacial score (nSPS) is 15.4. The number of nitrogens with one attached hydrogen (secondary N) is 1. The van der Waals surface area contributed by atoms with Crippen molar-refractivity contribution in [3.63, 3.8) is 0 Å².